The molecule has 0 spiro atoms. The maximum absolute atomic E-state index is 13.8. The van der Waals surface area contributed by atoms with Gasteiger partial charge in [-0.2, -0.15) is 8.97 Å². The molecule has 6 nitrogen and oxygen atoms in total. The Bertz CT molecular complexity index is 1690. The van der Waals surface area contributed by atoms with Crippen molar-refractivity contribution in [3.8, 4) is 33.9 Å². The summed E-state index contributed by atoms with van der Waals surface area (Å²) >= 11 is 8.12. The Morgan fingerprint density at radius 1 is 1.11 bits per heavy atom. The minimum absolute atomic E-state index is 0.116. The molecule has 0 amide bonds. The van der Waals surface area contributed by atoms with Gasteiger partial charge in [-0.3, -0.25) is 0 Å². The van der Waals surface area contributed by atoms with Crippen molar-refractivity contribution in [3.05, 3.63) is 97.3 Å². The molecule has 0 unspecified atom stereocenters. The molecule has 5 rings (SSSR count). The lowest BCUT2D eigenvalue weighted by atomic mass is 9.98. The van der Waals surface area contributed by atoms with E-state index < -0.39 is 0 Å². The number of aryl methyl sites for hydroxylation is 3. The number of nitrogens with zero attached hydrogens (tertiary/aromatic N) is 3. The molecule has 0 aliphatic carbocycles. The number of pyridine rings is 1. The Morgan fingerprint density at radius 2 is 1.89 bits per heavy atom. The van der Waals surface area contributed by atoms with Gasteiger partial charge >= 0.3 is 5.56 Å². The number of aromatic hydroxyl groups is 1. The first-order valence-electron chi connectivity index (χ1n) is 11.4. The molecule has 0 atom stereocenters. The molecule has 0 aliphatic heterocycles. The lowest BCUT2D eigenvalue weighted by Crippen LogP contribution is -2.41. The van der Waals surface area contributed by atoms with Gasteiger partial charge in [0.25, 0.3) is 11.5 Å². The van der Waals surface area contributed by atoms with Gasteiger partial charge in [-0.1, -0.05) is 23.7 Å². The van der Waals surface area contributed by atoms with Crippen LogP contribution in [0.5, 0.6) is 11.6 Å². The van der Waals surface area contributed by atoms with Gasteiger partial charge in [-0.15, -0.1) is 11.3 Å². The molecule has 5 aromatic rings. The molecular weight excluding hydrogens is 494 g/mol. The van der Waals surface area contributed by atoms with Crippen LogP contribution in [0.1, 0.15) is 21.0 Å². The quantitative estimate of drug-likeness (QED) is 0.302. The summed E-state index contributed by atoms with van der Waals surface area (Å²) in [6, 6.07) is 15.1. The van der Waals surface area contributed by atoms with Crippen molar-refractivity contribution in [2.75, 3.05) is 7.11 Å². The summed E-state index contributed by atoms with van der Waals surface area (Å²) in [6.07, 6.45) is 3.52. The van der Waals surface area contributed by atoms with Crippen LogP contribution in [-0.4, -0.2) is 21.6 Å². The third kappa shape index (κ3) is 4.25. The zero-order chi connectivity index (χ0) is 25.6. The molecule has 0 radical (unpaired) electrons. The second kappa shape index (κ2) is 9.41. The molecule has 0 saturated carbocycles. The maximum atomic E-state index is 13.8. The largest absolute Gasteiger partial charge is 0.497 e. The second-order valence-corrected chi connectivity index (χ2v) is 10.5. The summed E-state index contributed by atoms with van der Waals surface area (Å²) < 4.78 is 8.91. The van der Waals surface area contributed by atoms with Crippen molar-refractivity contribution in [2.24, 2.45) is 0 Å². The highest BCUT2D eigenvalue weighted by Crippen LogP contribution is 2.36. The smallest absolute Gasteiger partial charge is 0.354 e. The number of rotatable bonds is 5. The van der Waals surface area contributed by atoms with Gasteiger partial charge in [0.2, 0.25) is 0 Å². The zero-order valence-electron chi connectivity index (χ0n) is 20.4. The molecule has 3 aromatic heterocycles. The van der Waals surface area contributed by atoms with Crippen LogP contribution in [0.4, 0.5) is 0 Å². The third-order valence-electron chi connectivity index (χ3n) is 6.18. The minimum Gasteiger partial charge on any atom is -0.497 e. The average molecular weight is 519 g/mol. The molecule has 0 bridgehead atoms. The van der Waals surface area contributed by atoms with E-state index in [4.69, 9.17) is 16.3 Å². The molecule has 182 valence electrons. The standard InChI is InChI=1S/C28H24ClN3O3S/c1-16-7-8-23(24(29)10-16)19-11-20(13-21(12-19)35-4)25-27(33)31-9-5-6-17(2)26(31)32(28(25)34)15-22-14-30-18(3)36-22/h5-14H,15H2,1-4H3/p+1. The topological polar surface area (TPSA) is 67.7 Å². The monoisotopic (exact) mass is 518 g/mol. The Kier molecular flexibility index (Phi) is 6.28. The van der Waals surface area contributed by atoms with E-state index in [0.29, 0.717) is 28.5 Å². The predicted molar refractivity (Wildman–Crippen MR) is 143 cm³/mol. The summed E-state index contributed by atoms with van der Waals surface area (Å²) in [6.45, 7) is 6.22. The van der Waals surface area contributed by atoms with Crippen molar-refractivity contribution in [3.63, 3.8) is 0 Å². The van der Waals surface area contributed by atoms with Crippen LogP contribution in [0.15, 0.2) is 65.7 Å². The van der Waals surface area contributed by atoms with Crippen LogP contribution in [0.3, 0.4) is 0 Å². The lowest BCUT2D eigenvalue weighted by molar-refractivity contribution is -0.671. The van der Waals surface area contributed by atoms with E-state index in [-0.39, 0.29) is 17.0 Å². The Balaban J connectivity index is 1.80. The van der Waals surface area contributed by atoms with Gasteiger partial charge in [-0.05, 0) is 68.3 Å². The van der Waals surface area contributed by atoms with Gasteiger partial charge in [0.05, 0.1) is 23.2 Å². The van der Waals surface area contributed by atoms with Crippen molar-refractivity contribution in [1.82, 2.24) is 9.38 Å². The van der Waals surface area contributed by atoms with Crippen LogP contribution < -0.4 is 14.9 Å². The fraction of sp³-hybridized carbons (Fsp3) is 0.179. The van der Waals surface area contributed by atoms with Gasteiger partial charge < -0.3 is 9.84 Å². The first-order chi connectivity index (χ1) is 17.3. The van der Waals surface area contributed by atoms with Gasteiger partial charge in [-0.25, -0.2) is 9.78 Å². The van der Waals surface area contributed by atoms with Crippen molar-refractivity contribution < 1.29 is 14.4 Å². The fourth-order valence-corrected chi connectivity index (χ4v) is 5.60. The van der Waals surface area contributed by atoms with E-state index >= 15 is 0 Å². The summed E-state index contributed by atoms with van der Waals surface area (Å²) in [4.78, 5) is 19.1. The minimum atomic E-state index is -0.322. The van der Waals surface area contributed by atoms with Crippen molar-refractivity contribution in [2.45, 2.75) is 27.3 Å². The van der Waals surface area contributed by atoms with Crippen LogP contribution in [0.25, 0.3) is 27.9 Å². The first kappa shape index (κ1) is 24.0. The number of benzene rings is 2. The SMILES string of the molecule is COc1cc(-c2ccc(C)cc2Cl)cc(-c2c(O)[n+](Cc3cnc(C)s3)c3c(C)cccn3c2=O)c1. The molecule has 3 heterocycles. The molecule has 0 fully saturated rings. The van der Waals surface area contributed by atoms with E-state index in [1.807, 2.05) is 63.2 Å². The highest BCUT2D eigenvalue weighted by Gasteiger charge is 2.27. The number of methoxy groups -OCH3 is 1. The number of halogens is 1. The molecule has 0 aliphatic rings. The second-order valence-electron chi connectivity index (χ2n) is 8.75. The van der Waals surface area contributed by atoms with E-state index in [0.717, 1.165) is 32.1 Å². The maximum Gasteiger partial charge on any atom is 0.354 e. The average Bonchev–Trinajstić information content (AvgIpc) is 3.26. The number of hydrogen-bond acceptors (Lipinski definition) is 5. The van der Waals surface area contributed by atoms with E-state index in [1.165, 1.54) is 0 Å². The summed E-state index contributed by atoms with van der Waals surface area (Å²) in [7, 11) is 1.57. The van der Waals surface area contributed by atoms with Gasteiger partial charge in [0.1, 0.15) is 12.3 Å². The highest BCUT2D eigenvalue weighted by atomic mass is 35.5. The van der Waals surface area contributed by atoms with Crippen LogP contribution in [0.2, 0.25) is 5.02 Å². The highest BCUT2D eigenvalue weighted by molar-refractivity contribution is 7.11. The molecular formula is C28H25ClN3O3S+. The van der Waals surface area contributed by atoms with Crippen molar-refractivity contribution in [1.29, 1.82) is 0 Å². The number of aromatic nitrogens is 3. The zero-order valence-corrected chi connectivity index (χ0v) is 21.9. The molecule has 0 saturated heterocycles. The molecule has 1 N–H and O–H groups in total. The van der Waals surface area contributed by atoms with Crippen LogP contribution in [0, 0.1) is 20.8 Å². The molecule has 2 aromatic carbocycles. The number of thiazole rings is 1. The summed E-state index contributed by atoms with van der Waals surface area (Å²) in [5, 5.41) is 13.1. The molecule has 8 heteroatoms. The Morgan fingerprint density at radius 3 is 2.58 bits per heavy atom. The number of ether oxygens (including phenoxy) is 1. The van der Waals surface area contributed by atoms with E-state index in [1.54, 1.807) is 45.9 Å². The van der Waals surface area contributed by atoms with E-state index in [9.17, 15) is 9.90 Å². The summed E-state index contributed by atoms with van der Waals surface area (Å²) in [5.41, 5.74) is 4.54. The van der Waals surface area contributed by atoms with Crippen molar-refractivity contribution >= 4 is 28.6 Å². The number of fused-ring (bicyclic) bond motifs is 1. The van der Waals surface area contributed by atoms with Gasteiger partial charge in [0.15, 0.2) is 5.56 Å². The predicted octanol–water partition coefficient (Wildman–Crippen LogP) is 5.72. The third-order valence-corrected chi connectivity index (χ3v) is 7.39. The Hall–Kier alpha value is -3.68. The molecule has 36 heavy (non-hydrogen) atoms. The number of hydrogen-bond donors (Lipinski definition) is 1. The van der Waals surface area contributed by atoms with Gasteiger partial charge in [0, 0.05) is 27.9 Å². The van der Waals surface area contributed by atoms with Crippen LogP contribution in [-0.2, 0) is 6.54 Å². The normalized spacial score (nSPS) is 11.2. The lowest BCUT2D eigenvalue weighted by Gasteiger charge is -2.13. The van der Waals surface area contributed by atoms with Crippen LogP contribution >= 0.6 is 22.9 Å². The first-order valence-corrected chi connectivity index (χ1v) is 12.6. The van der Waals surface area contributed by atoms with E-state index in [2.05, 4.69) is 4.98 Å². The fourth-order valence-electron chi connectivity index (χ4n) is 4.47. The summed E-state index contributed by atoms with van der Waals surface area (Å²) in [5.74, 6) is 0.437. The Labute approximate surface area is 217 Å².